The third-order valence-corrected chi connectivity index (χ3v) is 4.88. The molecule has 3 atom stereocenters. The molecular weight excluding hydrogens is 250 g/mol. The molecular formula is C17H23NO2. The number of rotatable bonds is 5. The number of hydrogen-bond acceptors (Lipinski definition) is 2. The van der Waals surface area contributed by atoms with Crippen molar-refractivity contribution in [3.05, 3.63) is 29.8 Å². The Morgan fingerprint density at radius 1 is 1.25 bits per heavy atom. The number of carbonyl (C=O) groups is 1. The topological polar surface area (TPSA) is 38.3 Å². The standard InChI is InChI=1S/C17H23NO2/c1-20-15-7-3-12(4-8-15)5-9-17(19)18-16-11-13-2-6-14(16)10-13/h3-4,7-8,13-14,16H,2,5-6,9-11H2,1H3,(H,18,19)/t13-,14+,16-/m0/s1. The van der Waals surface area contributed by atoms with Crippen LogP contribution in [0.1, 0.15) is 37.7 Å². The van der Waals surface area contributed by atoms with E-state index in [4.69, 9.17) is 4.74 Å². The van der Waals surface area contributed by atoms with E-state index in [1.54, 1.807) is 7.11 Å². The maximum absolute atomic E-state index is 12.0. The van der Waals surface area contributed by atoms with E-state index in [0.717, 1.165) is 24.0 Å². The number of benzene rings is 1. The number of methoxy groups -OCH3 is 1. The van der Waals surface area contributed by atoms with Gasteiger partial charge in [0.05, 0.1) is 7.11 Å². The number of aryl methyl sites for hydroxylation is 1. The van der Waals surface area contributed by atoms with Crippen molar-refractivity contribution >= 4 is 5.91 Å². The summed E-state index contributed by atoms with van der Waals surface area (Å²) in [5, 5.41) is 3.24. The van der Waals surface area contributed by atoms with Gasteiger partial charge in [-0.1, -0.05) is 18.6 Å². The van der Waals surface area contributed by atoms with Crippen LogP contribution >= 0.6 is 0 Å². The molecule has 0 spiro atoms. The molecule has 2 aliphatic carbocycles. The third-order valence-electron chi connectivity index (χ3n) is 4.88. The molecule has 1 aromatic carbocycles. The minimum Gasteiger partial charge on any atom is -0.497 e. The lowest BCUT2D eigenvalue weighted by Gasteiger charge is -2.22. The first-order chi connectivity index (χ1) is 9.74. The van der Waals surface area contributed by atoms with E-state index in [-0.39, 0.29) is 5.91 Å². The van der Waals surface area contributed by atoms with Crippen molar-refractivity contribution in [1.82, 2.24) is 5.32 Å². The van der Waals surface area contributed by atoms with E-state index >= 15 is 0 Å². The molecule has 3 rings (SSSR count). The molecule has 1 aromatic rings. The highest BCUT2D eigenvalue weighted by atomic mass is 16.5. The molecule has 0 radical (unpaired) electrons. The molecule has 0 saturated heterocycles. The normalized spacial score (nSPS) is 27.6. The van der Waals surface area contributed by atoms with Gasteiger partial charge in [0.25, 0.3) is 0 Å². The molecule has 1 amide bonds. The van der Waals surface area contributed by atoms with Gasteiger partial charge < -0.3 is 10.1 Å². The summed E-state index contributed by atoms with van der Waals surface area (Å²) in [7, 11) is 1.66. The van der Waals surface area contributed by atoms with Crippen molar-refractivity contribution in [2.75, 3.05) is 7.11 Å². The fourth-order valence-electron chi connectivity index (χ4n) is 3.75. The number of ether oxygens (including phenoxy) is 1. The van der Waals surface area contributed by atoms with Crippen LogP contribution in [0, 0.1) is 11.8 Å². The lowest BCUT2D eigenvalue weighted by Crippen LogP contribution is -2.38. The van der Waals surface area contributed by atoms with E-state index in [1.165, 1.54) is 31.2 Å². The van der Waals surface area contributed by atoms with Gasteiger partial charge in [-0.15, -0.1) is 0 Å². The molecule has 0 aromatic heterocycles. The third kappa shape index (κ3) is 2.97. The summed E-state index contributed by atoms with van der Waals surface area (Å²) in [5.74, 6) is 2.70. The molecule has 2 bridgehead atoms. The average Bonchev–Trinajstić information content (AvgIpc) is 3.08. The zero-order valence-electron chi connectivity index (χ0n) is 12.1. The van der Waals surface area contributed by atoms with Crippen LogP contribution in [0.3, 0.4) is 0 Å². The fourth-order valence-corrected chi connectivity index (χ4v) is 3.75. The molecule has 0 unspecified atom stereocenters. The molecule has 3 nitrogen and oxygen atoms in total. The number of fused-ring (bicyclic) bond motifs is 2. The Bertz CT molecular complexity index is 468. The van der Waals surface area contributed by atoms with Crippen LogP contribution in [-0.2, 0) is 11.2 Å². The second-order valence-corrected chi connectivity index (χ2v) is 6.20. The van der Waals surface area contributed by atoms with Gasteiger partial charge in [-0.25, -0.2) is 0 Å². The van der Waals surface area contributed by atoms with E-state index in [0.29, 0.717) is 12.5 Å². The first-order valence-corrected chi connectivity index (χ1v) is 7.67. The maximum Gasteiger partial charge on any atom is 0.220 e. The smallest absolute Gasteiger partial charge is 0.220 e. The van der Waals surface area contributed by atoms with E-state index in [9.17, 15) is 4.79 Å². The van der Waals surface area contributed by atoms with Crippen LogP contribution in [0.4, 0.5) is 0 Å². The average molecular weight is 273 g/mol. The van der Waals surface area contributed by atoms with Gasteiger partial charge in [-0.3, -0.25) is 4.79 Å². The summed E-state index contributed by atoms with van der Waals surface area (Å²) in [6.45, 7) is 0. The van der Waals surface area contributed by atoms with Crippen molar-refractivity contribution in [2.45, 2.75) is 44.6 Å². The van der Waals surface area contributed by atoms with Gasteiger partial charge in [0.2, 0.25) is 5.91 Å². The predicted octanol–water partition coefficient (Wildman–Crippen LogP) is 2.93. The molecule has 108 valence electrons. The van der Waals surface area contributed by atoms with E-state index in [2.05, 4.69) is 5.32 Å². The Morgan fingerprint density at radius 3 is 2.65 bits per heavy atom. The van der Waals surface area contributed by atoms with Gasteiger partial charge in [-0.2, -0.15) is 0 Å². The van der Waals surface area contributed by atoms with Crippen molar-refractivity contribution in [3.63, 3.8) is 0 Å². The predicted molar refractivity (Wildman–Crippen MR) is 78.7 cm³/mol. The number of amides is 1. The first-order valence-electron chi connectivity index (χ1n) is 7.67. The Kier molecular flexibility index (Phi) is 3.95. The number of nitrogens with one attached hydrogen (secondary N) is 1. The van der Waals surface area contributed by atoms with Crippen LogP contribution < -0.4 is 10.1 Å². The Labute approximate surface area is 120 Å². The summed E-state index contributed by atoms with van der Waals surface area (Å²) in [5.41, 5.74) is 1.19. The summed E-state index contributed by atoms with van der Waals surface area (Å²) >= 11 is 0. The van der Waals surface area contributed by atoms with Crippen molar-refractivity contribution in [2.24, 2.45) is 11.8 Å². The molecule has 2 fully saturated rings. The molecule has 2 aliphatic rings. The van der Waals surface area contributed by atoms with Crippen molar-refractivity contribution in [3.8, 4) is 5.75 Å². The van der Waals surface area contributed by atoms with Gasteiger partial charge >= 0.3 is 0 Å². The fraction of sp³-hybridized carbons (Fsp3) is 0.588. The summed E-state index contributed by atoms with van der Waals surface area (Å²) < 4.78 is 5.13. The minimum absolute atomic E-state index is 0.207. The second kappa shape index (κ2) is 5.86. The zero-order valence-corrected chi connectivity index (χ0v) is 12.1. The maximum atomic E-state index is 12.0. The summed E-state index contributed by atoms with van der Waals surface area (Å²) in [4.78, 5) is 12.0. The SMILES string of the molecule is COc1ccc(CCC(=O)N[C@H]2C[C@H]3CC[C@@H]2C3)cc1. The quantitative estimate of drug-likeness (QED) is 0.895. The Hall–Kier alpha value is -1.51. The highest BCUT2D eigenvalue weighted by molar-refractivity contribution is 5.76. The molecule has 0 heterocycles. The largest absolute Gasteiger partial charge is 0.497 e. The van der Waals surface area contributed by atoms with Gasteiger partial charge in [-0.05, 0) is 55.2 Å². The van der Waals surface area contributed by atoms with Crippen LogP contribution in [0.2, 0.25) is 0 Å². The number of hydrogen-bond donors (Lipinski definition) is 1. The van der Waals surface area contributed by atoms with E-state index < -0.39 is 0 Å². The Balaban J connectivity index is 1.44. The molecule has 3 heteroatoms. The van der Waals surface area contributed by atoms with Crippen LogP contribution in [0.5, 0.6) is 5.75 Å². The van der Waals surface area contributed by atoms with Gasteiger partial charge in [0.1, 0.15) is 5.75 Å². The van der Waals surface area contributed by atoms with Crippen LogP contribution in [-0.4, -0.2) is 19.1 Å². The van der Waals surface area contributed by atoms with E-state index in [1.807, 2.05) is 24.3 Å². The summed E-state index contributed by atoms with van der Waals surface area (Å²) in [6, 6.07) is 8.41. The first kappa shape index (κ1) is 13.5. The highest BCUT2D eigenvalue weighted by Gasteiger charge is 2.39. The minimum atomic E-state index is 0.207. The lowest BCUT2D eigenvalue weighted by molar-refractivity contribution is -0.122. The Morgan fingerprint density at radius 2 is 2.05 bits per heavy atom. The zero-order chi connectivity index (χ0) is 13.9. The molecule has 20 heavy (non-hydrogen) atoms. The second-order valence-electron chi connectivity index (χ2n) is 6.20. The summed E-state index contributed by atoms with van der Waals surface area (Å²) in [6.07, 6.45) is 6.62. The highest BCUT2D eigenvalue weighted by Crippen LogP contribution is 2.44. The molecule has 2 saturated carbocycles. The molecule has 0 aliphatic heterocycles. The number of carbonyl (C=O) groups excluding carboxylic acids is 1. The van der Waals surface area contributed by atoms with Gasteiger partial charge in [0, 0.05) is 12.5 Å². The van der Waals surface area contributed by atoms with Gasteiger partial charge in [0.15, 0.2) is 0 Å². The van der Waals surface area contributed by atoms with Crippen molar-refractivity contribution < 1.29 is 9.53 Å². The monoisotopic (exact) mass is 273 g/mol. The molecule has 1 N–H and O–H groups in total. The van der Waals surface area contributed by atoms with Crippen molar-refractivity contribution in [1.29, 1.82) is 0 Å². The van der Waals surface area contributed by atoms with Crippen LogP contribution in [0.15, 0.2) is 24.3 Å². The van der Waals surface area contributed by atoms with Crippen LogP contribution in [0.25, 0.3) is 0 Å². The lowest BCUT2D eigenvalue weighted by atomic mass is 9.95.